The second-order valence-corrected chi connectivity index (χ2v) is 4.59. The summed E-state index contributed by atoms with van der Waals surface area (Å²) in [7, 11) is 0. The van der Waals surface area contributed by atoms with Crippen LogP contribution in [0.15, 0.2) is 18.2 Å². The monoisotopic (exact) mass is 223 g/mol. The molecule has 0 bridgehead atoms. The average Bonchev–Trinajstić information content (AvgIpc) is 2.22. The molecule has 0 aromatic heterocycles. The van der Waals surface area contributed by atoms with E-state index >= 15 is 0 Å². The van der Waals surface area contributed by atoms with Gasteiger partial charge in [-0.1, -0.05) is 0 Å². The fourth-order valence-corrected chi connectivity index (χ4v) is 2.33. The number of hydrogen-bond donors (Lipinski definition) is 4. The first-order valence-corrected chi connectivity index (χ1v) is 5.51. The molecule has 4 nitrogen and oxygen atoms in total. The van der Waals surface area contributed by atoms with Crippen LogP contribution in [0.1, 0.15) is 31.2 Å². The molecule has 4 heteroatoms. The summed E-state index contributed by atoms with van der Waals surface area (Å²) in [6.07, 6.45) is 2.31. The summed E-state index contributed by atoms with van der Waals surface area (Å²) in [5.74, 6) is 0.0552. The van der Waals surface area contributed by atoms with Crippen LogP contribution in [0.3, 0.4) is 0 Å². The molecule has 0 spiro atoms. The SMILES string of the molecule is NC1(c2ccc(O)cc2O)CCC(O)CC1. The summed E-state index contributed by atoms with van der Waals surface area (Å²) in [6, 6.07) is 4.48. The predicted octanol–water partition coefficient (Wildman–Crippen LogP) is 1.19. The Hall–Kier alpha value is -1.26. The van der Waals surface area contributed by atoms with Crippen molar-refractivity contribution in [2.45, 2.75) is 37.3 Å². The second kappa shape index (κ2) is 3.96. The van der Waals surface area contributed by atoms with E-state index in [0.717, 1.165) is 0 Å². The van der Waals surface area contributed by atoms with Crippen molar-refractivity contribution in [3.05, 3.63) is 23.8 Å². The van der Waals surface area contributed by atoms with Gasteiger partial charge in [-0.05, 0) is 37.8 Å². The van der Waals surface area contributed by atoms with Crippen molar-refractivity contribution in [2.75, 3.05) is 0 Å². The Bertz CT molecular complexity index is 384. The van der Waals surface area contributed by atoms with Crippen LogP contribution in [0.2, 0.25) is 0 Å². The van der Waals surface area contributed by atoms with E-state index in [-0.39, 0.29) is 17.6 Å². The van der Waals surface area contributed by atoms with E-state index in [1.54, 1.807) is 6.07 Å². The van der Waals surface area contributed by atoms with Crippen molar-refractivity contribution in [3.63, 3.8) is 0 Å². The largest absolute Gasteiger partial charge is 0.508 e. The second-order valence-electron chi connectivity index (χ2n) is 4.59. The van der Waals surface area contributed by atoms with Crippen LogP contribution < -0.4 is 5.73 Å². The molecule has 0 aliphatic heterocycles. The minimum Gasteiger partial charge on any atom is -0.508 e. The number of rotatable bonds is 1. The molecule has 1 saturated carbocycles. The minimum atomic E-state index is -0.586. The van der Waals surface area contributed by atoms with Gasteiger partial charge in [-0.25, -0.2) is 0 Å². The first-order chi connectivity index (χ1) is 7.51. The molecule has 88 valence electrons. The Morgan fingerprint density at radius 1 is 1.19 bits per heavy atom. The molecular weight excluding hydrogens is 206 g/mol. The molecular formula is C12H17NO3. The summed E-state index contributed by atoms with van der Waals surface area (Å²) in [5.41, 5.74) is 6.30. The van der Waals surface area contributed by atoms with Crippen molar-refractivity contribution in [3.8, 4) is 11.5 Å². The standard InChI is InChI=1S/C12H17NO3/c13-12(5-3-8(14)4-6-12)10-2-1-9(15)7-11(10)16/h1-2,7-8,14-16H,3-6,13H2. The van der Waals surface area contributed by atoms with E-state index in [9.17, 15) is 15.3 Å². The lowest BCUT2D eigenvalue weighted by Gasteiger charge is -2.36. The Kier molecular flexibility index (Phi) is 2.78. The van der Waals surface area contributed by atoms with Gasteiger partial charge in [0.1, 0.15) is 11.5 Å². The van der Waals surface area contributed by atoms with Gasteiger partial charge in [-0.15, -0.1) is 0 Å². The lowest BCUT2D eigenvalue weighted by atomic mass is 9.76. The lowest BCUT2D eigenvalue weighted by molar-refractivity contribution is 0.0960. The third kappa shape index (κ3) is 1.99. The van der Waals surface area contributed by atoms with Crippen LogP contribution in [0.5, 0.6) is 11.5 Å². The third-order valence-corrected chi connectivity index (χ3v) is 3.37. The molecule has 0 heterocycles. The fraction of sp³-hybridized carbons (Fsp3) is 0.500. The van der Waals surface area contributed by atoms with Crippen molar-refractivity contribution in [1.82, 2.24) is 0 Å². The number of benzene rings is 1. The summed E-state index contributed by atoms with van der Waals surface area (Å²) in [4.78, 5) is 0. The number of aliphatic hydroxyl groups excluding tert-OH is 1. The van der Waals surface area contributed by atoms with E-state index in [1.807, 2.05) is 0 Å². The fourth-order valence-electron chi connectivity index (χ4n) is 2.33. The number of phenolic OH excluding ortho intramolecular Hbond substituents is 2. The van der Waals surface area contributed by atoms with Gasteiger partial charge in [-0.2, -0.15) is 0 Å². The maximum Gasteiger partial charge on any atom is 0.124 e. The topological polar surface area (TPSA) is 86.7 Å². The zero-order valence-electron chi connectivity index (χ0n) is 9.06. The molecule has 0 radical (unpaired) electrons. The number of hydrogen-bond acceptors (Lipinski definition) is 4. The Labute approximate surface area is 94.3 Å². The van der Waals surface area contributed by atoms with Gasteiger partial charge >= 0.3 is 0 Å². The van der Waals surface area contributed by atoms with Gasteiger partial charge < -0.3 is 21.1 Å². The lowest BCUT2D eigenvalue weighted by Crippen LogP contribution is -2.41. The predicted molar refractivity (Wildman–Crippen MR) is 60.1 cm³/mol. The normalized spacial score (nSPS) is 30.2. The maximum absolute atomic E-state index is 9.77. The third-order valence-electron chi connectivity index (χ3n) is 3.37. The molecule has 1 aliphatic rings. The summed E-state index contributed by atoms with van der Waals surface area (Å²) < 4.78 is 0. The van der Waals surface area contributed by atoms with Crippen LogP contribution in [0.4, 0.5) is 0 Å². The van der Waals surface area contributed by atoms with E-state index in [1.165, 1.54) is 12.1 Å². The minimum absolute atomic E-state index is 0.0267. The number of nitrogens with two attached hydrogens (primary N) is 1. The highest BCUT2D eigenvalue weighted by molar-refractivity contribution is 5.43. The molecule has 5 N–H and O–H groups in total. The molecule has 0 atom stereocenters. The van der Waals surface area contributed by atoms with E-state index in [0.29, 0.717) is 31.2 Å². The van der Waals surface area contributed by atoms with Gasteiger partial charge in [0.25, 0.3) is 0 Å². The average molecular weight is 223 g/mol. The molecule has 1 aromatic rings. The molecule has 1 aromatic carbocycles. The van der Waals surface area contributed by atoms with Gasteiger partial charge in [0.15, 0.2) is 0 Å². The number of phenols is 2. The zero-order valence-corrected chi connectivity index (χ0v) is 9.06. The van der Waals surface area contributed by atoms with Gasteiger partial charge in [0, 0.05) is 17.2 Å². The summed E-state index contributed by atoms with van der Waals surface area (Å²) in [5, 5.41) is 28.4. The van der Waals surface area contributed by atoms with E-state index in [4.69, 9.17) is 5.73 Å². The Morgan fingerprint density at radius 3 is 2.38 bits per heavy atom. The molecule has 1 fully saturated rings. The van der Waals surface area contributed by atoms with Crippen LogP contribution >= 0.6 is 0 Å². The van der Waals surface area contributed by atoms with E-state index < -0.39 is 5.54 Å². The Balaban J connectivity index is 2.29. The van der Waals surface area contributed by atoms with Crippen molar-refractivity contribution in [2.24, 2.45) is 5.73 Å². The highest BCUT2D eigenvalue weighted by Crippen LogP contribution is 2.39. The Morgan fingerprint density at radius 2 is 1.81 bits per heavy atom. The van der Waals surface area contributed by atoms with Crippen LogP contribution in [-0.4, -0.2) is 21.4 Å². The van der Waals surface area contributed by atoms with Crippen molar-refractivity contribution >= 4 is 0 Å². The highest BCUT2D eigenvalue weighted by Gasteiger charge is 2.34. The van der Waals surface area contributed by atoms with Gasteiger partial charge in [-0.3, -0.25) is 0 Å². The van der Waals surface area contributed by atoms with E-state index in [2.05, 4.69) is 0 Å². The van der Waals surface area contributed by atoms with Gasteiger partial charge in [0.2, 0.25) is 0 Å². The van der Waals surface area contributed by atoms with Crippen LogP contribution in [-0.2, 0) is 5.54 Å². The molecule has 0 unspecified atom stereocenters. The van der Waals surface area contributed by atoms with Crippen LogP contribution in [0, 0.1) is 0 Å². The molecule has 0 amide bonds. The smallest absolute Gasteiger partial charge is 0.124 e. The number of aromatic hydroxyl groups is 2. The van der Waals surface area contributed by atoms with Crippen LogP contribution in [0.25, 0.3) is 0 Å². The van der Waals surface area contributed by atoms with Gasteiger partial charge in [0.05, 0.1) is 6.10 Å². The number of aliphatic hydroxyl groups is 1. The van der Waals surface area contributed by atoms with Crippen molar-refractivity contribution in [1.29, 1.82) is 0 Å². The summed E-state index contributed by atoms with van der Waals surface area (Å²) >= 11 is 0. The summed E-state index contributed by atoms with van der Waals surface area (Å²) in [6.45, 7) is 0. The highest BCUT2D eigenvalue weighted by atomic mass is 16.3. The molecule has 2 rings (SSSR count). The first-order valence-electron chi connectivity index (χ1n) is 5.51. The quantitative estimate of drug-likeness (QED) is 0.576. The first kappa shape index (κ1) is 11.2. The maximum atomic E-state index is 9.77. The molecule has 1 aliphatic carbocycles. The molecule has 0 saturated heterocycles. The van der Waals surface area contributed by atoms with Crippen molar-refractivity contribution < 1.29 is 15.3 Å². The molecule has 16 heavy (non-hydrogen) atoms. The zero-order chi connectivity index (χ0) is 11.8.